The highest BCUT2D eigenvalue weighted by Crippen LogP contribution is 2.29. The molecular weight excluding hydrogens is 226 g/mol. The van der Waals surface area contributed by atoms with E-state index in [9.17, 15) is 4.79 Å². The Hall–Kier alpha value is -1.71. The van der Waals surface area contributed by atoms with Gasteiger partial charge in [-0.05, 0) is 43.4 Å². The van der Waals surface area contributed by atoms with Gasteiger partial charge in [0.25, 0.3) is 0 Å². The van der Waals surface area contributed by atoms with Gasteiger partial charge in [-0.25, -0.2) is 4.79 Å². The van der Waals surface area contributed by atoms with Gasteiger partial charge in [0.1, 0.15) is 0 Å². The van der Waals surface area contributed by atoms with Crippen molar-refractivity contribution in [3.63, 3.8) is 0 Å². The average molecular weight is 245 g/mol. The molecule has 0 aromatic heterocycles. The summed E-state index contributed by atoms with van der Waals surface area (Å²) in [7, 11) is 0. The minimum Gasteiger partial charge on any atom is -0.399 e. The molecule has 96 valence electrons. The Morgan fingerprint density at radius 2 is 2.11 bits per heavy atom. The fourth-order valence-corrected chi connectivity index (χ4v) is 2.13. The van der Waals surface area contributed by atoms with Gasteiger partial charge in [-0.15, -0.1) is 0 Å². The first-order chi connectivity index (χ1) is 8.72. The Kier molecular flexibility index (Phi) is 2.86. The number of hydrogen-bond donors (Lipinski definition) is 2. The maximum atomic E-state index is 12.1. The van der Waals surface area contributed by atoms with Crippen LogP contribution in [0.2, 0.25) is 0 Å². The highest BCUT2D eigenvalue weighted by molar-refractivity contribution is 5.75. The molecule has 0 saturated heterocycles. The minimum absolute atomic E-state index is 0.0856. The molecule has 18 heavy (non-hydrogen) atoms. The van der Waals surface area contributed by atoms with Crippen LogP contribution < -0.4 is 11.1 Å². The van der Waals surface area contributed by atoms with E-state index in [2.05, 4.69) is 5.32 Å². The average Bonchev–Trinajstić information content (AvgIpc) is 3.19. The topological polar surface area (TPSA) is 58.4 Å². The minimum atomic E-state index is 0.0856. The lowest BCUT2D eigenvalue weighted by Gasteiger charge is -2.23. The number of nitrogen functional groups attached to an aromatic ring is 1. The van der Waals surface area contributed by atoms with E-state index in [0.717, 1.165) is 36.9 Å². The number of nitrogens with two attached hydrogens (primary N) is 1. The van der Waals surface area contributed by atoms with Crippen molar-refractivity contribution in [2.75, 3.05) is 5.73 Å². The third-order valence-electron chi connectivity index (χ3n) is 3.46. The monoisotopic (exact) mass is 245 g/mol. The smallest absolute Gasteiger partial charge is 0.318 e. The molecule has 3 N–H and O–H groups in total. The zero-order valence-electron chi connectivity index (χ0n) is 10.4. The fourth-order valence-electron chi connectivity index (χ4n) is 2.13. The van der Waals surface area contributed by atoms with E-state index >= 15 is 0 Å². The van der Waals surface area contributed by atoms with Crippen LogP contribution in [0.25, 0.3) is 0 Å². The number of hydrogen-bond acceptors (Lipinski definition) is 2. The molecule has 0 radical (unpaired) electrons. The third kappa shape index (κ3) is 2.75. The summed E-state index contributed by atoms with van der Waals surface area (Å²) in [5, 5.41) is 3.07. The number of rotatable bonds is 4. The highest BCUT2D eigenvalue weighted by atomic mass is 16.2. The van der Waals surface area contributed by atoms with Gasteiger partial charge in [0.05, 0.1) is 0 Å². The summed E-state index contributed by atoms with van der Waals surface area (Å²) < 4.78 is 0. The van der Waals surface area contributed by atoms with E-state index in [1.54, 1.807) is 0 Å². The molecule has 4 nitrogen and oxygen atoms in total. The normalized spacial score (nSPS) is 18.4. The van der Waals surface area contributed by atoms with Gasteiger partial charge in [-0.3, -0.25) is 0 Å². The zero-order chi connectivity index (χ0) is 12.5. The first-order valence-electron chi connectivity index (χ1n) is 6.64. The summed E-state index contributed by atoms with van der Waals surface area (Å²) >= 11 is 0. The Balaban J connectivity index is 1.67. The number of nitrogens with one attached hydrogen (secondary N) is 1. The molecule has 2 aliphatic carbocycles. The van der Waals surface area contributed by atoms with Gasteiger partial charge in [0.2, 0.25) is 0 Å². The van der Waals surface area contributed by atoms with E-state index in [0.29, 0.717) is 18.6 Å². The van der Waals surface area contributed by atoms with Crippen molar-refractivity contribution < 1.29 is 4.79 Å². The van der Waals surface area contributed by atoms with Crippen LogP contribution in [0.4, 0.5) is 10.5 Å². The Morgan fingerprint density at radius 3 is 2.72 bits per heavy atom. The molecule has 1 aromatic carbocycles. The van der Waals surface area contributed by atoms with Gasteiger partial charge in [-0.2, -0.15) is 0 Å². The Bertz CT molecular complexity index is 452. The maximum Gasteiger partial charge on any atom is 0.318 e. The van der Waals surface area contributed by atoms with Crippen molar-refractivity contribution >= 4 is 11.7 Å². The Morgan fingerprint density at radius 1 is 1.33 bits per heavy atom. The van der Waals surface area contributed by atoms with Crippen LogP contribution >= 0.6 is 0 Å². The van der Waals surface area contributed by atoms with E-state index in [-0.39, 0.29) is 6.03 Å². The number of urea groups is 1. The number of anilines is 1. The second-order valence-electron chi connectivity index (χ2n) is 5.33. The summed E-state index contributed by atoms with van der Waals surface area (Å²) in [6.07, 6.45) is 4.51. The third-order valence-corrected chi connectivity index (χ3v) is 3.46. The SMILES string of the molecule is Nc1cccc(CN(C(=O)NC2CC2)C2CC2)c1. The van der Waals surface area contributed by atoms with Crippen LogP contribution in [0.5, 0.6) is 0 Å². The molecule has 0 bridgehead atoms. The van der Waals surface area contributed by atoms with Crippen molar-refractivity contribution in [1.82, 2.24) is 10.2 Å². The summed E-state index contributed by atoms with van der Waals surface area (Å²) in [6, 6.07) is 8.70. The quantitative estimate of drug-likeness (QED) is 0.798. The number of carbonyl (C=O) groups excluding carboxylic acids is 1. The van der Waals surface area contributed by atoms with Crippen LogP contribution in [0.3, 0.4) is 0 Å². The fraction of sp³-hybridized carbons (Fsp3) is 0.500. The highest BCUT2D eigenvalue weighted by Gasteiger charge is 2.34. The molecule has 0 spiro atoms. The van der Waals surface area contributed by atoms with E-state index in [1.807, 2.05) is 29.2 Å². The molecule has 0 aliphatic heterocycles. The molecule has 4 heteroatoms. The van der Waals surface area contributed by atoms with Crippen LogP contribution in [-0.2, 0) is 6.54 Å². The van der Waals surface area contributed by atoms with E-state index in [4.69, 9.17) is 5.73 Å². The van der Waals surface area contributed by atoms with Gasteiger partial charge >= 0.3 is 6.03 Å². The molecular formula is C14H19N3O. The molecule has 0 atom stereocenters. The van der Waals surface area contributed by atoms with Crippen molar-refractivity contribution in [1.29, 1.82) is 0 Å². The maximum absolute atomic E-state index is 12.1. The second-order valence-corrected chi connectivity index (χ2v) is 5.33. The molecule has 2 fully saturated rings. The van der Waals surface area contributed by atoms with Gasteiger partial charge in [0, 0.05) is 24.3 Å². The molecule has 2 saturated carbocycles. The van der Waals surface area contributed by atoms with Crippen molar-refractivity contribution in [3.05, 3.63) is 29.8 Å². The molecule has 0 heterocycles. The molecule has 1 aromatic rings. The lowest BCUT2D eigenvalue weighted by atomic mass is 10.2. The lowest BCUT2D eigenvalue weighted by Crippen LogP contribution is -2.41. The summed E-state index contributed by atoms with van der Waals surface area (Å²) in [5.74, 6) is 0. The lowest BCUT2D eigenvalue weighted by molar-refractivity contribution is 0.191. The molecule has 0 unspecified atom stereocenters. The van der Waals surface area contributed by atoms with Crippen LogP contribution in [0, 0.1) is 0 Å². The van der Waals surface area contributed by atoms with Crippen molar-refractivity contribution in [2.24, 2.45) is 0 Å². The Labute approximate surface area is 107 Å². The summed E-state index contributed by atoms with van der Waals surface area (Å²) in [6.45, 7) is 0.661. The molecule has 2 aliphatic rings. The van der Waals surface area contributed by atoms with Crippen LogP contribution in [0.15, 0.2) is 24.3 Å². The standard InChI is InChI=1S/C14H19N3O/c15-11-3-1-2-10(8-11)9-17(13-6-7-13)14(18)16-12-4-5-12/h1-3,8,12-13H,4-7,9,15H2,(H,16,18). The molecule has 2 amide bonds. The molecule has 3 rings (SSSR count). The van der Waals surface area contributed by atoms with Crippen LogP contribution in [0.1, 0.15) is 31.2 Å². The first-order valence-corrected chi connectivity index (χ1v) is 6.64. The first kappa shape index (κ1) is 11.4. The number of carbonyl (C=O) groups is 1. The van der Waals surface area contributed by atoms with Crippen molar-refractivity contribution in [2.45, 2.75) is 44.3 Å². The van der Waals surface area contributed by atoms with Gasteiger partial charge in [-0.1, -0.05) is 12.1 Å². The van der Waals surface area contributed by atoms with Crippen LogP contribution in [-0.4, -0.2) is 23.0 Å². The number of nitrogens with zero attached hydrogens (tertiary/aromatic N) is 1. The van der Waals surface area contributed by atoms with Gasteiger partial charge < -0.3 is 16.0 Å². The number of benzene rings is 1. The summed E-state index contributed by atoms with van der Waals surface area (Å²) in [5.41, 5.74) is 7.63. The van der Waals surface area contributed by atoms with E-state index < -0.39 is 0 Å². The largest absolute Gasteiger partial charge is 0.399 e. The van der Waals surface area contributed by atoms with E-state index in [1.165, 1.54) is 0 Å². The van der Waals surface area contributed by atoms with Gasteiger partial charge in [0.15, 0.2) is 0 Å². The van der Waals surface area contributed by atoms with Crippen molar-refractivity contribution in [3.8, 4) is 0 Å². The predicted octanol–water partition coefficient (Wildman–Crippen LogP) is 2.11. The number of amides is 2. The zero-order valence-corrected chi connectivity index (χ0v) is 10.4. The summed E-state index contributed by atoms with van der Waals surface area (Å²) in [4.78, 5) is 14.1. The second kappa shape index (κ2) is 4.52. The predicted molar refractivity (Wildman–Crippen MR) is 71.0 cm³/mol.